The molecule has 1 aliphatic heterocycles. The predicted molar refractivity (Wildman–Crippen MR) is 85.2 cm³/mol. The Kier molecular flexibility index (Phi) is 4.76. The van der Waals surface area contributed by atoms with Gasteiger partial charge in [0.2, 0.25) is 0 Å². The third-order valence-electron chi connectivity index (χ3n) is 4.01. The van der Waals surface area contributed by atoms with Gasteiger partial charge in [0.15, 0.2) is 30.0 Å². The first-order valence-corrected chi connectivity index (χ1v) is 10.8. The van der Waals surface area contributed by atoms with E-state index in [2.05, 4.69) is 0 Å². The van der Waals surface area contributed by atoms with Crippen LogP contribution in [-0.2, 0) is 24.4 Å². The number of aromatic nitrogens is 2. The van der Waals surface area contributed by atoms with Crippen molar-refractivity contribution in [3.63, 3.8) is 0 Å². The molecule has 25 heavy (non-hydrogen) atoms. The van der Waals surface area contributed by atoms with Gasteiger partial charge in [-0.05, 0) is 6.92 Å². The van der Waals surface area contributed by atoms with Crippen LogP contribution in [-0.4, -0.2) is 65.6 Å². The number of ether oxygens (including phenoxy) is 1. The number of aryl methyl sites for hydroxylation is 1. The van der Waals surface area contributed by atoms with E-state index in [9.17, 15) is 36.6 Å². The average Bonchev–Trinajstić information content (AvgIpc) is 2.79. The maximum atomic E-state index is 12.0. The summed E-state index contributed by atoms with van der Waals surface area (Å²) in [6.07, 6.45) is -1.78. The van der Waals surface area contributed by atoms with Gasteiger partial charge in [0.05, 0.1) is 0 Å². The number of aliphatic hydroxyl groups excluding tert-OH is 1. The van der Waals surface area contributed by atoms with Crippen molar-refractivity contribution >= 4 is 19.7 Å². The summed E-state index contributed by atoms with van der Waals surface area (Å²) in [6.45, 7) is 1.38. The Morgan fingerprint density at radius 2 is 1.88 bits per heavy atom. The van der Waals surface area contributed by atoms with Crippen molar-refractivity contribution in [3.05, 3.63) is 32.6 Å². The summed E-state index contributed by atoms with van der Waals surface area (Å²) >= 11 is 0. The van der Waals surface area contributed by atoms with Crippen molar-refractivity contribution in [2.45, 2.75) is 36.0 Å². The van der Waals surface area contributed by atoms with Crippen LogP contribution < -0.4 is 11.2 Å². The summed E-state index contributed by atoms with van der Waals surface area (Å²) in [5, 5.41) is 20.5. The highest BCUT2D eigenvalue weighted by molar-refractivity contribution is 7.92. The van der Waals surface area contributed by atoms with Gasteiger partial charge in [-0.15, -0.1) is 0 Å². The number of rotatable bonds is 4. The molecule has 1 aliphatic rings. The second-order valence-corrected chi connectivity index (χ2v) is 10.4. The molecule has 0 saturated carbocycles. The van der Waals surface area contributed by atoms with Gasteiger partial charge in [0.25, 0.3) is 5.56 Å². The number of hydrogen-bond acceptors (Lipinski definition) is 9. The first-order valence-electron chi connectivity index (χ1n) is 6.95. The molecular weight excluding hydrogens is 380 g/mol. The van der Waals surface area contributed by atoms with E-state index in [4.69, 9.17) is 4.74 Å². The maximum Gasteiger partial charge on any atom is 0.330 e. The van der Waals surface area contributed by atoms with Gasteiger partial charge in [-0.1, -0.05) is 0 Å². The molecule has 13 heteroatoms. The molecule has 0 spiro atoms. The highest BCUT2D eigenvalue weighted by Gasteiger charge is 2.59. The number of sulfone groups is 2. The monoisotopic (exact) mass is 398 g/mol. The lowest BCUT2D eigenvalue weighted by atomic mass is 10.1. The van der Waals surface area contributed by atoms with Crippen LogP contribution in [0.4, 0.5) is 0 Å². The van der Waals surface area contributed by atoms with Gasteiger partial charge in [-0.25, -0.2) is 21.6 Å². The first-order chi connectivity index (χ1) is 11.2. The fraction of sp³-hybridized carbons (Fsp3) is 0.667. The quantitative estimate of drug-likeness (QED) is 0.485. The Hall–Kier alpha value is -1.54. The van der Waals surface area contributed by atoms with Crippen LogP contribution in [0.1, 0.15) is 18.2 Å². The van der Waals surface area contributed by atoms with Crippen LogP contribution in [0.3, 0.4) is 0 Å². The molecule has 3 N–H and O–H groups in total. The second-order valence-electron chi connectivity index (χ2n) is 6.03. The molecule has 11 nitrogen and oxygen atoms in total. The van der Waals surface area contributed by atoms with E-state index in [0.717, 1.165) is 10.8 Å². The van der Waals surface area contributed by atoms with Gasteiger partial charge in [-0.2, -0.15) is 0 Å². The van der Waals surface area contributed by atoms with E-state index >= 15 is 0 Å². The third-order valence-corrected chi connectivity index (χ3v) is 6.82. The summed E-state index contributed by atoms with van der Waals surface area (Å²) in [5.41, 5.74) is -3.83. The summed E-state index contributed by atoms with van der Waals surface area (Å²) < 4.78 is 53.2. The topological polar surface area (TPSA) is 173 Å². The number of nitrogens with one attached hydrogen (secondary N) is 1. The molecule has 0 unspecified atom stereocenters. The number of H-pyrrole nitrogens is 1. The summed E-state index contributed by atoms with van der Waals surface area (Å²) in [7, 11) is -8.50. The van der Waals surface area contributed by atoms with Crippen LogP contribution in [0.2, 0.25) is 0 Å². The van der Waals surface area contributed by atoms with Crippen LogP contribution in [0.25, 0.3) is 0 Å². The van der Waals surface area contributed by atoms with Gasteiger partial charge in [0.1, 0.15) is 12.3 Å². The Bertz CT molecular complexity index is 1010. The van der Waals surface area contributed by atoms with Gasteiger partial charge < -0.3 is 14.9 Å². The number of aliphatic hydroxyl groups is 2. The molecule has 0 aromatic carbocycles. The van der Waals surface area contributed by atoms with Gasteiger partial charge in [0, 0.05) is 30.7 Å². The van der Waals surface area contributed by atoms with Crippen LogP contribution in [0.5, 0.6) is 0 Å². The normalized spacial score (nSPS) is 28.8. The Balaban J connectivity index is 2.59. The molecule has 1 saturated heterocycles. The lowest BCUT2D eigenvalue weighted by Gasteiger charge is -2.28. The SMILES string of the molecule is Cc1cn([C@H]2C[C@@](O)(S(C)(=O)=O)[C@@H]([C@H](O)S(C)(=O)=O)O2)c(=O)[nH]c1=O. The van der Waals surface area contributed by atoms with Crippen molar-refractivity contribution in [2.24, 2.45) is 0 Å². The minimum absolute atomic E-state index is 0.109. The third kappa shape index (κ3) is 3.42. The Labute approximate surface area is 142 Å². The van der Waals surface area contributed by atoms with E-state index in [1.165, 1.54) is 6.92 Å². The summed E-state index contributed by atoms with van der Waals surface area (Å²) in [5.74, 6) is 0. The fourth-order valence-electron chi connectivity index (χ4n) is 2.53. The van der Waals surface area contributed by atoms with Crippen molar-refractivity contribution in [1.29, 1.82) is 0 Å². The van der Waals surface area contributed by atoms with Crippen molar-refractivity contribution < 1.29 is 31.8 Å². The van der Waals surface area contributed by atoms with Gasteiger partial charge in [-0.3, -0.25) is 14.3 Å². The summed E-state index contributed by atoms with van der Waals surface area (Å²) in [6, 6.07) is 0. The maximum absolute atomic E-state index is 12.0. The van der Waals surface area contributed by atoms with Crippen molar-refractivity contribution in [3.8, 4) is 0 Å². The molecule has 2 heterocycles. The molecule has 142 valence electrons. The molecular formula is C12H18N2O9S2. The summed E-state index contributed by atoms with van der Waals surface area (Å²) in [4.78, 5) is 22.6. The highest BCUT2D eigenvalue weighted by atomic mass is 32.2. The van der Waals surface area contributed by atoms with Gasteiger partial charge >= 0.3 is 5.69 Å². The van der Waals surface area contributed by atoms with Crippen LogP contribution in [0.15, 0.2) is 15.8 Å². The molecule has 0 bridgehead atoms. The van der Waals surface area contributed by atoms with Crippen LogP contribution in [0, 0.1) is 6.92 Å². The molecule has 0 radical (unpaired) electrons. The second kappa shape index (κ2) is 6.02. The first kappa shape index (κ1) is 19.8. The molecule has 0 amide bonds. The minimum atomic E-state index is -4.31. The van der Waals surface area contributed by atoms with E-state index in [1.54, 1.807) is 0 Å². The molecule has 0 aliphatic carbocycles. The zero-order valence-corrected chi connectivity index (χ0v) is 15.2. The lowest BCUT2D eigenvalue weighted by Crippen LogP contribution is -2.53. The number of aromatic amines is 1. The van der Waals surface area contributed by atoms with E-state index in [-0.39, 0.29) is 5.56 Å². The standard InChI is InChI=1S/C12H18N2O9S2/c1-6-5-14(11(17)13-9(6)15)7-4-12(18,25(3,21)22)8(23-7)10(16)24(2,19)20/h5,7-8,10,16,18H,4H2,1-3H3,(H,13,15,17)/t7-,8-,10-,12-/m1/s1. The predicted octanol–water partition coefficient (Wildman–Crippen LogP) is -2.77. The Morgan fingerprint density at radius 3 is 2.36 bits per heavy atom. The zero-order valence-electron chi connectivity index (χ0n) is 13.5. The fourth-order valence-corrected chi connectivity index (χ4v) is 4.41. The molecule has 4 atom stereocenters. The minimum Gasteiger partial charge on any atom is -0.375 e. The van der Waals surface area contributed by atoms with E-state index < -0.39 is 60.0 Å². The van der Waals surface area contributed by atoms with Crippen molar-refractivity contribution in [1.82, 2.24) is 9.55 Å². The van der Waals surface area contributed by atoms with E-state index in [0.29, 0.717) is 12.5 Å². The smallest absolute Gasteiger partial charge is 0.330 e. The molecule has 1 fully saturated rings. The van der Waals surface area contributed by atoms with Crippen LogP contribution >= 0.6 is 0 Å². The van der Waals surface area contributed by atoms with E-state index in [1.807, 2.05) is 4.98 Å². The average molecular weight is 398 g/mol. The lowest BCUT2D eigenvalue weighted by molar-refractivity contribution is -0.0684. The largest absolute Gasteiger partial charge is 0.375 e. The molecule has 1 aromatic heterocycles. The van der Waals surface area contributed by atoms with Crippen molar-refractivity contribution in [2.75, 3.05) is 12.5 Å². The number of nitrogens with zero attached hydrogens (tertiary/aromatic N) is 1. The Morgan fingerprint density at radius 1 is 1.32 bits per heavy atom. The molecule has 1 aromatic rings. The molecule has 2 rings (SSSR count). The highest BCUT2D eigenvalue weighted by Crippen LogP contribution is 2.41. The number of hydrogen-bond donors (Lipinski definition) is 3. The zero-order chi connectivity index (χ0) is 19.4.